The van der Waals surface area contributed by atoms with Crippen molar-refractivity contribution in [2.75, 3.05) is 0 Å². The molecule has 1 aromatic rings. The Morgan fingerprint density at radius 2 is 1.90 bits per heavy atom. The van der Waals surface area contributed by atoms with E-state index in [2.05, 4.69) is 39.0 Å². The van der Waals surface area contributed by atoms with E-state index >= 15 is 0 Å². The van der Waals surface area contributed by atoms with Crippen LogP contribution in [0.4, 0.5) is 0 Å². The summed E-state index contributed by atoms with van der Waals surface area (Å²) in [6.07, 6.45) is 6.41. The highest BCUT2D eigenvalue weighted by molar-refractivity contribution is 5.70. The fourth-order valence-electron chi connectivity index (χ4n) is 4.02. The number of rotatable bonds is 5. The Labute approximate surface area is 128 Å². The molecule has 0 aliphatic heterocycles. The molecule has 1 aromatic carbocycles. The van der Waals surface area contributed by atoms with Gasteiger partial charge in [0, 0.05) is 0 Å². The molecule has 0 amide bonds. The van der Waals surface area contributed by atoms with E-state index in [4.69, 9.17) is 0 Å². The normalized spacial score (nSPS) is 25.8. The van der Waals surface area contributed by atoms with Crippen LogP contribution in [0, 0.1) is 31.6 Å². The molecule has 0 heterocycles. The highest BCUT2D eigenvalue weighted by Crippen LogP contribution is 2.38. The molecule has 0 spiro atoms. The van der Waals surface area contributed by atoms with Gasteiger partial charge in [0.25, 0.3) is 0 Å². The summed E-state index contributed by atoms with van der Waals surface area (Å²) in [7, 11) is 0. The summed E-state index contributed by atoms with van der Waals surface area (Å²) in [5.41, 5.74) is 3.97. The van der Waals surface area contributed by atoms with Gasteiger partial charge in [0.15, 0.2) is 0 Å². The van der Waals surface area contributed by atoms with Crippen molar-refractivity contribution >= 4 is 5.97 Å². The molecule has 1 aliphatic carbocycles. The molecule has 1 aliphatic rings. The average Bonchev–Trinajstić information content (AvgIpc) is 2.43. The first kappa shape index (κ1) is 16.1. The van der Waals surface area contributed by atoms with Crippen molar-refractivity contribution in [3.63, 3.8) is 0 Å². The number of hydrogen-bond donors (Lipinski definition) is 1. The molecule has 1 fully saturated rings. The van der Waals surface area contributed by atoms with E-state index in [0.717, 1.165) is 31.6 Å². The van der Waals surface area contributed by atoms with Gasteiger partial charge in [-0.3, -0.25) is 4.79 Å². The fourth-order valence-corrected chi connectivity index (χ4v) is 4.02. The van der Waals surface area contributed by atoms with Crippen LogP contribution in [-0.2, 0) is 11.2 Å². The lowest BCUT2D eigenvalue weighted by Crippen LogP contribution is -2.32. The number of hydrogen-bond acceptors (Lipinski definition) is 1. The fraction of sp³-hybridized carbons (Fsp3) is 0.632. The Bertz CT molecular complexity index is 472. The van der Waals surface area contributed by atoms with Crippen molar-refractivity contribution in [1.29, 1.82) is 0 Å². The average molecular weight is 288 g/mol. The van der Waals surface area contributed by atoms with Crippen LogP contribution in [0.1, 0.15) is 55.7 Å². The third-order valence-corrected chi connectivity index (χ3v) is 5.22. The minimum Gasteiger partial charge on any atom is -0.481 e. The van der Waals surface area contributed by atoms with Crippen LogP contribution in [-0.4, -0.2) is 11.1 Å². The first-order chi connectivity index (χ1) is 10.0. The number of carboxylic acid groups (broad SMARTS) is 1. The minimum absolute atomic E-state index is 0.155. The Kier molecular flexibility index (Phi) is 5.44. The molecule has 3 atom stereocenters. The van der Waals surface area contributed by atoms with Crippen molar-refractivity contribution in [2.24, 2.45) is 17.8 Å². The lowest BCUT2D eigenvalue weighted by atomic mass is 9.70. The second kappa shape index (κ2) is 7.11. The molecule has 0 radical (unpaired) electrons. The van der Waals surface area contributed by atoms with E-state index in [0.29, 0.717) is 5.92 Å². The molecule has 21 heavy (non-hydrogen) atoms. The lowest BCUT2D eigenvalue weighted by molar-refractivity contribution is -0.145. The Morgan fingerprint density at radius 3 is 2.48 bits per heavy atom. The van der Waals surface area contributed by atoms with Gasteiger partial charge >= 0.3 is 5.97 Å². The summed E-state index contributed by atoms with van der Waals surface area (Å²) >= 11 is 0. The van der Waals surface area contributed by atoms with Gasteiger partial charge in [0.1, 0.15) is 0 Å². The highest BCUT2D eigenvalue weighted by atomic mass is 16.4. The van der Waals surface area contributed by atoms with E-state index in [9.17, 15) is 9.90 Å². The molecular formula is C19H28O2. The Morgan fingerprint density at radius 1 is 1.24 bits per heavy atom. The maximum atomic E-state index is 11.6. The summed E-state index contributed by atoms with van der Waals surface area (Å²) in [4.78, 5) is 11.6. The molecule has 2 heteroatoms. The van der Waals surface area contributed by atoms with Gasteiger partial charge in [-0.1, -0.05) is 38.0 Å². The molecule has 1 N–H and O–H groups in total. The third-order valence-electron chi connectivity index (χ3n) is 5.22. The number of benzene rings is 1. The molecule has 2 nitrogen and oxygen atoms in total. The summed E-state index contributed by atoms with van der Waals surface area (Å²) in [5.74, 6) is 0.269. The molecule has 0 bridgehead atoms. The van der Waals surface area contributed by atoms with Gasteiger partial charge in [-0.25, -0.2) is 0 Å². The maximum absolute atomic E-state index is 11.6. The van der Waals surface area contributed by atoms with Crippen molar-refractivity contribution in [3.8, 4) is 0 Å². The van der Waals surface area contributed by atoms with Crippen LogP contribution in [0.15, 0.2) is 18.2 Å². The molecule has 0 aromatic heterocycles. The predicted octanol–water partition coefficient (Wildman–Crippen LogP) is 4.76. The molecule has 116 valence electrons. The molecule has 1 saturated carbocycles. The second-order valence-corrected chi connectivity index (χ2v) is 6.75. The van der Waals surface area contributed by atoms with Crippen LogP contribution in [0.25, 0.3) is 0 Å². The SMILES string of the molecule is CCCC1CCC(C(=O)O)C(Cc2c(C)cccc2C)C1. The van der Waals surface area contributed by atoms with Gasteiger partial charge < -0.3 is 5.11 Å². The minimum atomic E-state index is -0.596. The zero-order chi connectivity index (χ0) is 15.4. The van der Waals surface area contributed by atoms with E-state index < -0.39 is 5.97 Å². The number of aryl methyl sites for hydroxylation is 2. The van der Waals surface area contributed by atoms with Crippen molar-refractivity contribution < 1.29 is 9.90 Å². The quantitative estimate of drug-likeness (QED) is 0.848. The van der Waals surface area contributed by atoms with Crippen molar-refractivity contribution in [3.05, 3.63) is 34.9 Å². The van der Waals surface area contributed by atoms with E-state index in [-0.39, 0.29) is 5.92 Å². The topological polar surface area (TPSA) is 37.3 Å². The molecule has 3 unspecified atom stereocenters. The van der Waals surface area contributed by atoms with Crippen LogP contribution in [0.2, 0.25) is 0 Å². The van der Waals surface area contributed by atoms with Crippen molar-refractivity contribution in [2.45, 2.75) is 59.3 Å². The smallest absolute Gasteiger partial charge is 0.306 e. The summed E-state index contributed by atoms with van der Waals surface area (Å²) in [5, 5.41) is 9.54. The summed E-state index contributed by atoms with van der Waals surface area (Å²) in [6.45, 7) is 6.51. The molecular weight excluding hydrogens is 260 g/mol. The first-order valence-corrected chi connectivity index (χ1v) is 8.30. The van der Waals surface area contributed by atoms with E-state index in [1.54, 1.807) is 0 Å². The monoisotopic (exact) mass is 288 g/mol. The predicted molar refractivity (Wildman–Crippen MR) is 86.5 cm³/mol. The molecule has 0 saturated heterocycles. The third kappa shape index (κ3) is 3.87. The summed E-state index contributed by atoms with van der Waals surface area (Å²) < 4.78 is 0. The van der Waals surface area contributed by atoms with Gasteiger partial charge in [0.2, 0.25) is 0 Å². The maximum Gasteiger partial charge on any atom is 0.306 e. The van der Waals surface area contributed by atoms with E-state index in [1.165, 1.54) is 29.5 Å². The summed E-state index contributed by atoms with van der Waals surface area (Å²) in [6, 6.07) is 6.37. The standard InChI is InChI=1S/C19H28O2/c1-4-6-15-9-10-17(19(20)21)16(11-15)12-18-13(2)7-5-8-14(18)3/h5,7-8,15-17H,4,6,9-12H2,1-3H3,(H,20,21). The zero-order valence-corrected chi connectivity index (χ0v) is 13.6. The van der Waals surface area contributed by atoms with E-state index in [1.807, 2.05) is 0 Å². The van der Waals surface area contributed by atoms with Crippen LogP contribution < -0.4 is 0 Å². The highest BCUT2D eigenvalue weighted by Gasteiger charge is 2.34. The van der Waals surface area contributed by atoms with Crippen LogP contribution >= 0.6 is 0 Å². The van der Waals surface area contributed by atoms with Gasteiger partial charge in [-0.05, 0) is 68.1 Å². The largest absolute Gasteiger partial charge is 0.481 e. The number of aliphatic carboxylic acids is 1. The Balaban J connectivity index is 2.18. The first-order valence-electron chi connectivity index (χ1n) is 8.30. The van der Waals surface area contributed by atoms with Crippen LogP contribution in [0.5, 0.6) is 0 Å². The van der Waals surface area contributed by atoms with Gasteiger partial charge in [-0.2, -0.15) is 0 Å². The van der Waals surface area contributed by atoms with Crippen molar-refractivity contribution in [1.82, 2.24) is 0 Å². The van der Waals surface area contributed by atoms with Gasteiger partial charge in [0.05, 0.1) is 5.92 Å². The lowest BCUT2D eigenvalue weighted by Gasteiger charge is -2.34. The Hall–Kier alpha value is -1.31. The number of carboxylic acids is 1. The second-order valence-electron chi connectivity index (χ2n) is 6.75. The number of carbonyl (C=O) groups is 1. The van der Waals surface area contributed by atoms with Gasteiger partial charge in [-0.15, -0.1) is 0 Å². The molecule has 2 rings (SSSR count). The van der Waals surface area contributed by atoms with Crippen LogP contribution in [0.3, 0.4) is 0 Å². The zero-order valence-electron chi connectivity index (χ0n) is 13.6.